The van der Waals surface area contributed by atoms with E-state index in [9.17, 15) is 5.26 Å². The predicted molar refractivity (Wildman–Crippen MR) is 134 cm³/mol. The normalized spacial score (nSPS) is 11.4. The van der Waals surface area contributed by atoms with Crippen LogP contribution in [0.5, 0.6) is 11.5 Å². The fraction of sp³-hybridized carbons (Fsp3) is 0.0417. The van der Waals surface area contributed by atoms with Gasteiger partial charge in [0.25, 0.3) is 5.78 Å². The van der Waals surface area contributed by atoms with E-state index < -0.39 is 0 Å². The minimum Gasteiger partial charge on any atom is -0.457 e. The van der Waals surface area contributed by atoms with E-state index in [1.54, 1.807) is 30.6 Å². The maximum atomic E-state index is 9.84. The number of fused-ring (bicyclic) bond motifs is 1. The molecule has 0 fully saturated rings. The zero-order valence-corrected chi connectivity index (χ0v) is 19.6. The van der Waals surface area contributed by atoms with Crippen molar-refractivity contribution in [2.75, 3.05) is 11.6 Å². The number of allylic oxidation sites excluding steroid dienone is 4. The van der Waals surface area contributed by atoms with Gasteiger partial charge >= 0.3 is 0 Å². The van der Waals surface area contributed by atoms with Gasteiger partial charge in [-0.1, -0.05) is 36.9 Å². The second-order valence-electron chi connectivity index (χ2n) is 6.71. The van der Waals surface area contributed by atoms with Gasteiger partial charge in [0.15, 0.2) is 0 Å². The third kappa shape index (κ3) is 4.64. The van der Waals surface area contributed by atoms with E-state index in [0.29, 0.717) is 50.1 Å². The van der Waals surface area contributed by atoms with Crippen molar-refractivity contribution in [1.29, 1.82) is 5.26 Å². The lowest BCUT2D eigenvalue weighted by molar-refractivity contribution is 0.482. The van der Waals surface area contributed by atoms with E-state index in [1.165, 1.54) is 22.4 Å². The Morgan fingerprint density at radius 1 is 1.12 bits per heavy atom. The average Bonchev–Trinajstić information content (AvgIpc) is 3.27. The van der Waals surface area contributed by atoms with Crippen LogP contribution < -0.4 is 10.1 Å². The van der Waals surface area contributed by atoms with Crippen molar-refractivity contribution < 1.29 is 4.74 Å². The SMILES string of the molecule is C=C/C(Cl)=C(\C=C)c1c(C#N)c(SC)nc2nc(Nc3ccc(Oc4ccncc4)cc3)nn12. The summed E-state index contributed by atoms with van der Waals surface area (Å²) in [4.78, 5) is 13.0. The molecule has 1 N–H and O–H groups in total. The van der Waals surface area contributed by atoms with Crippen molar-refractivity contribution >= 4 is 46.3 Å². The number of benzene rings is 1. The Morgan fingerprint density at radius 2 is 1.82 bits per heavy atom. The molecule has 0 aliphatic heterocycles. The van der Waals surface area contributed by atoms with Crippen molar-refractivity contribution in [1.82, 2.24) is 24.6 Å². The number of hydrogen-bond acceptors (Lipinski definition) is 8. The highest BCUT2D eigenvalue weighted by molar-refractivity contribution is 7.98. The number of nitriles is 1. The Kier molecular flexibility index (Phi) is 6.92. The number of halogens is 1. The predicted octanol–water partition coefficient (Wildman–Crippen LogP) is 5.97. The van der Waals surface area contributed by atoms with E-state index in [0.717, 1.165) is 5.69 Å². The molecule has 10 heteroatoms. The van der Waals surface area contributed by atoms with Gasteiger partial charge in [0, 0.05) is 28.7 Å². The molecule has 168 valence electrons. The van der Waals surface area contributed by atoms with Crippen LogP contribution in [0, 0.1) is 11.3 Å². The molecule has 1 aromatic carbocycles. The number of ether oxygens (including phenoxy) is 1. The third-order valence-corrected chi connectivity index (χ3v) is 5.69. The zero-order valence-electron chi connectivity index (χ0n) is 18.1. The summed E-state index contributed by atoms with van der Waals surface area (Å²) in [5, 5.41) is 18.4. The summed E-state index contributed by atoms with van der Waals surface area (Å²) in [5.41, 5.74) is 2.01. The first-order valence-electron chi connectivity index (χ1n) is 9.92. The quantitative estimate of drug-likeness (QED) is 0.184. The smallest absolute Gasteiger partial charge is 0.255 e. The summed E-state index contributed by atoms with van der Waals surface area (Å²) in [5.74, 6) is 1.98. The van der Waals surface area contributed by atoms with Crippen LogP contribution in [0.2, 0.25) is 0 Å². The van der Waals surface area contributed by atoms with Crippen molar-refractivity contribution in [3.05, 3.63) is 90.4 Å². The number of rotatable bonds is 8. The molecule has 0 amide bonds. The Balaban J connectivity index is 1.71. The molecule has 0 aliphatic carbocycles. The molecule has 0 unspecified atom stereocenters. The van der Waals surface area contributed by atoms with Crippen LogP contribution in [0.15, 0.2) is 84.2 Å². The van der Waals surface area contributed by atoms with Crippen molar-refractivity contribution in [2.45, 2.75) is 5.03 Å². The molecular formula is C24H18ClN7OS. The number of hydrogen-bond donors (Lipinski definition) is 1. The molecule has 3 heterocycles. The van der Waals surface area contributed by atoms with Gasteiger partial charge in [0.2, 0.25) is 5.95 Å². The highest BCUT2D eigenvalue weighted by Gasteiger charge is 2.21. The number of nitrogens with zero attached hydrogens (tertiary/aromatic N) is 6. The minimum atomic E-state index is 0.303. The molecule has 4 rings (SSSR count). The largest absolute Gasteiger partial charge is 0.457 e. The standard InChI is InChI=1S/C24H18ClN7OS/c1-4-18(20(25)5-2)21-19(14-26)22(34-3)29-24-30-23(31-32(21)24)28-15-6-8-16(9-7-15)33-17-10-12-27-13-11-17/h4-13H,1-2H2,3H3,(H,28,31)/b20-18-. The molecule has 0 aliphatic rings. The highest BCUT2D eigenvalue weighted by atomic mass is 35.5. The van der Waals surface area contributed by atoms with Gasteiger partial charge in [-0.15, -0.1) is 16.9 Å². The van der Waals surface area contributed by atoms with Crippen LogP contribution in [0.3, 0.4) is 0 Å². The first-order valence-corrected chi connectivity index (χ1v) is 11.5. The third-order valence-electron chi connectivity index (χ3n) is 4.65. The van der Waals surface area contributed by atoms with E-state index in [4.69, 9.17) is 16.3 Å². The molecule has 0 bridgehead atoms. The molecule has 34 heavy (non-hydrogen) atoms. The molecule has 4 aromatic rings. The maximum Gasteiger partial charge on any atom is 0.255 e. The van der Waals surface area contributed by atoms with Gasteiger partial charge in [0.1, 0.15) is 28.2 Å². The first-order chi connectivity index (χ1) is 16.6. The molecule has 0 saturated heterocycles. The molecule has 0 spiro atoms. The van der Waals surface area contributed by atoms with Crippen LogP contribution >= 0.6 is 23.4 Å². The van der Waals surface area contributed by atoms with Crippen LogP contribution in [-0.4, -0.2) is 30.8 Å². The summed E-state index contributed by atoms with van der Waals surface area (Å²) >= 11 is 7.69. The number of nitrogens with one attached hydrogen (secondary N) is 1. The van der Waals surface area contributed by atoms with Gasteiger partial charge in [-0.2, -0.15) is 14.8 Å². The Bertz CT molecular complexity index is 1440. The van der Waals surface area contributed by atoms with Crippen LogP contribution in [0.1, 0.15) is 11.3 Å². The average molecular weight is 488 g/mol. The van der Waals surface area contributed by atoms with E-state index in [-0.39, 0.29) is 0 Å². The van der Waals surface area contributed by atoms with Crippen LogP contribution in [0.25, 0.3) is 11.4 Å². The lowest BCUT2D eigenvalue weighted by atomic mass is 10.1. The molecule has 0 radical (unpaired) electrons. The molecule has 0 saturated carbocycles. The van der Waals surface area contributed by atoms with Crippen LogP contribution in [0.4, 0.5) is 11.6 Å². The zero-order chi connectivity index (χ0) is 24.1. The maximum absolute atomic E-state index is 9.84. The lowest BCUT2D eigenvalue weighted by Gasteiger charge is -2.11. The van der Waals surface area contributed by atoms with Crippen molar-refractivity contribution in [3.63, 3.8) is 0 Å². The van der Waals surface area contributed by atoms with Crippen molar-refractivity contribution in [2.24, 2.45) is 0 Å². The first kappa shape index (κ1) is 23.0. The molecule has 3 aromatic heterocycles. The monoisotopic (exact) mass is 487 g/mol. The summed E-state index contributed by atoms with van der Waals surface area (Å²) in [6, 6.07) is 13.1. The number of pyridine rings is 1. The summed E-state index contributed by atoms with van der Waals surface area (Å²) in [6.45, 7) is 7.55. The van der Waals surface area contributed by atoms with Crippen molar-refractivity contribution in [3.8, 4) is 17.6 Å². The van der Waals surface area contributed by atoms with Gasteiger partial charge in [-0.3, -0.25) is 4.98 Å². The Morgan fingerprint density at radius 3 is 2.44 bits per heavy atom. The second kappa shape index (κ2) is 10.2. The summed E-state index contributed by atoms with van der Waals surface area (Å²) in [6.07, 6.45) is 8.20. The lowest BCUT2D eigenvalue weighted by Crippen LogP contribution is -2.06. The second-order valence-corrected chi connectivity index (χ2v) is 7.91. The van der Waals surface area contributed by atoms with E-state index in [2.05, 4.69) is 44.6 Å². The van der Waals surface area contributed by atoms with E-state index >= 15 is 0 Å². The fourth-order valence-electron chi connectivity index (χ4n) is 3.13. The van der Waals surface area contributed by atoms with Crippen LogP contribution in [-0.2, 0) is 0 Å². The summed E-state index contributed by atoms with van der Waals surface area (Å²) in [7, 11) is 0. The number of aromatic nitrogens is 5. The Labute approximate surface area is 205 Å². The summed E-state index contributed by atoms with van der Waals surface area (Å²) < 4.78 is 7.27. The van der Waals surface area contributed by atoms with Gasteiger partial charge < -0.3 is 10.1 Å². The molecule has 8 nitrogen and oxygen atoms in total. The highest BCUT2D eigenvalue weighted by Crippen LogP contribution is 2.31. The van der Waals surface area contributed by atoms with E-state index in [1.807, 2.05) is 30.5 Å². The number of thioether (sulfide) groups is 1. The van der Waals surface area contributed by atoms with Gasteiger partial charge in [-0.05, 0) is 42.7 Å². The fourth-order valence-corrected chi connectivity index (χ4v) is 3.81. The number of anilines is 2. The minimum absolute atomic E-state index is 0.303. The van der Waals surface area contributed by atoms with Gasteiger partial charge in [0.05, 0.1) is 5.69 Å². The Hall–Kier alpha value is -4.13. The van der Waals surface area contributed by atoms with Gasteiger partial charge in [-0.25, -0.2) is 4.98 Å². The molecule has 0 atom stereocenters. The topological polar surface area (TPSA) is 101 Å². The molecular weight excluding hydrogens is 470 g/mol.